The average molecular weight is 264 g/mol. The van der Waals surface area contributed by atoms with Gasteiger partial charge in [-0.3, -0.25) is 9.59 Å². The Morgan fingerprint density at radius 3 is 1.79 bits per heavy atom. The molecule has 0 saturated heterocycles. The minimum absolute atomic E-state index is 0.0377. The molecule has 2 aromatic rings. The molecule has 0 aromatic heterocycles. The molecule has 100 valence electrons. The molecule has 6 heteroatoms. The summed E-state index contributed by atoms with van der Waals surface area (Å²) in [6, 6.07) is 2.99. The molecule has 0 heterocycles. The van der Waals surface area contributed by atoms with Crippen molar-refractivity contribution in [2.75, 3.05) is 21.3 Å². The zero-order valence-corrected chi connectivity index (χ0v) is 10.6. The van der Waals surface area contributed by atoms with E-state index in [2.05, 4.69) is 0 Å². The number of hydrogen-bond donors (Lipinski definition) is 1. The monoisotopic (exact) mass is 264 g/mol. The van der Waals surface area contributed by atoms with Crippen LogP contribution < -0.4 is 25.1 Å². The highest BCUT2D eigenvalue weighted by Gasteiger charge is 2.24. The first-order valence-electron chi connectivity index (χ1n) is 5.37. The van der Waals surface area contributed by atoms with Gasteiger partial charge in [-0.2, -0.15) is 0 Å². The second-order valence-corrected chi connectivity index (χ2v) is 3.80. The summed E-state index contributed by atoms with van der Waals surface area (Å²) in [5.41, 5.74) is -1.31. The van der Waals surface area contributed by atoms with Gasteiger partial charge in [-0.15, -0.1) is 0 Å². The standard InChI is InChI=1S/C13H12O6/c1-17-7-4-6(5-8(18-2)13(7)19-3)9-10(14)12(16)11(9)15/h4-5,14H,1-3H3. The van der Waals surface area contributed by atoms with Gasteiger partial charge in [0.05, 0.1) is 26.9 Å². The molecule has 2 rings (SSSR count). The van der Waals surface area contributed by atoms with E-state index in [0.29, 0.717) is 22.8 Å². The van der Waals surface area contributed by atoms with Crippen LogP contribution in [0.1, 0.15) is 0 Å². The molecule has 0 aliphatic carbocycles. The lowest BCUT2D eigenvalue weighted by molar-refractivity contribution is 0.324. The van der Waals surface area contributed by atoms with Crippen LogP contribution in [0, 0.1) is 0 Å². The van der Waals surface area contributed by atoms with Gasteiger partial charge >= 0.3 is 0 Å². The Morgan fingerprint density at radius 1 is 0.895 bits per heavy atom. The molecule has 1 N–H and O–H groups in total. The van der Waals surface area contributed by atoms with Crippen LogP contribution in [0.4, 0.5) is 0 Å². The molecule has 0 radical (unpaired) electrons. The third-order valence-corrected chi connectivity index (χ3v) is 2.84. The fourth-order valence-corrected chi connectivity index (χ4v) is 1.87. The zero-order chi connectivity index (χ0) is 14.2. The molecule has 0 bridgehead atoms. The molecule has 0 aliphatic heterocycles. The summed E-state index contributed by atoms with van der Waals surface area (Å²) in [5.74, 6) is 0.500. The predicted molar refractivity (Wildman–Crippen MR) is 68.1 cm³/mol. The maximum absolute atomic E-state index is 11.4. The molecule has 0 spiro atoms. The highest BCUT2D eigenvalue weighted by Crippen LogP contribution is 2.41. The Kier molecular flexibility index (Phi) is 3.16. The Bertz CT molecular complexity index is 669. The van der Waals surface area contributed by atoms with Crippen LogP contribution in [0.25, 0.3) is 11.1 Å². The summed E-state index contributed by atoms with van der Waals surface area (Å²) in [6.07, 6.45) is 0. The topological polar surface area (TPSA) is 82.1 Å². The number of rotatable bonds is 4. The van der Waals surface area contributed by atoms with E-state index in [1.165, 1.54) is 33.5 Å². The van der Waals surface area contributed by atoms with Crippen molar-refractivity contribution in [3.63, 3.8) is 0 Å². The van der Waals surface area contributed by atoms with Gasteiger partial charge in [-0.05, 0) is 17.7 Å². The molecule has 0 atom stereocenters. The van der Waals surface area contributed by atoms with Gasteiger partial charge in [0.25, 0.3) is 5.43 Å². The highest BCUT2D eigenvalue weighted by molar-refractivity contribution is 5.77. The predicted octanol–water partition coefficient (Wildman–Crippen LogP) is 0.681. The Hall–Kier alpha value is -2.50. The summed E-state index contributed by atoms with van der Waals surface area (Å²) >= 11 is 0. The van der Waals surface area contributed by atoms with Crippen LogP contribution in [0.2, 0.25) is 0 Å². The van der Waals surface area contributed by atoms with Crippen LogP contribution in [0.15, 0.2) is 21.7 Å². The molecule has 19 heavy (non-hydrogen) atoms. The Labute approximate surface area is 108 Å². The van der Waals surface area contributed by atoms with Gasteiger partial charge in [-0.25, -0.2) is 0 Å². The normalized spacial score (nSPS) is 10.5. The van der Waals surface area contributed by atoms with E-state index in [-0.39, 0.29) is 5.56 Å². The van der Waals surface area contributed by atoms with Gasteiger partial charge in [0.15, 0.2) is 17.2 Å². The third kappa shape index (κ3) is 1.81. The fraction of sp³-hybridized carbons (Fsp3) is 0.231. The quantitative estimate of drug-likeness (QED) is 0.818. The van der Waals surface area contributed by atoms with Crippen LogP contribution in [0.3, 0.4) is 0 Å². The zero-order valence-electron chi connectivity index (χ0n) is 10.6. The van der Waals surface area contributed by atoms with E-state index < -0.39 is 16.6 Å². The van der Waals surface area contributed by atoms with Gasteiger partial charge in [0.1, 0.15) is 0 Å². The second kappa shape index (κ2) is 4.64. The first kappa shape index (κ1) is 12.9. The van der Waals surface area contributed by atoms with Crippen molar-refractivity contribution in [2.45, 2.75) is 0 Å². The smallest absolute Gasteiger partial charge is 0.268 e. The van der Waals surface area contributed by atoms with Crippen molar-refractivity contribution in [3.8, 4) is 34.1 Å². The molecule has 0 aliphatic rings. The first-order valence-corrected chi connectivity index (χ1v) is 5.37. The number of hydrogen-bond acceptors (Lipinski definition) is 6. The lowest BCUT2D eigenvalue weighted by Crippen LogP contribution is -2.31. The number of benzene rings is 1. The molecular weight excluding hydrogens is 252 g/mol. The van der Waals surface area contributed by atoms with E-state index >= 15 is 0 Å². The summed E-state index contributed by atoms with van der Waals surface area (Å²) in [7, 11) is 4.32. The second-order valence-electron chi connectivity index (χ2n) is 3.80. The molecule has 0 amide bonds. The fourth-order valence-electron chi connectivity index (χ4n) is 1.87. The van der Waals surface area contributed by atoms with Gasteiger partial charge < -0.3 is 19.3 Å². The summed E-state index contributed by atoms with van der Waals surface area (Å²) in [5, 5.41) is 9.45. The number of methoxy groups -OCH3 is 3. The Balaban J connectivity index is 2.67. The van der Waals surface area contributed by atoms with Crippen molar-refractivity contribution in [1.82, 2.24) is 0 Å². The van der Waals surface area contributed by atoms with E-state index in [1.807, 2.05) is 0 Å². The number of ether oxygens (including phenoxy) is 3. The molecule has 0 fully saturated rings. The van der Waals surface area contributed by atoms with Gasteiger partial charge in [0, 0.05) is 0 Å². The SMILES string of the molecule is COc1cc(-c2c(O)c(=O)c2=O)cc(OC)c1OC. The Morgan fingerprint density at radius 2 is 1.42 bits per heavy atom. The first-order chi connectivity index (χ1) is 9.04. The van der Waals surface area contributed by atoms with Crippen molar-refractivity contribution in [1.29, 1.82) is 0 Å². The van der Waals surface area contributed by atoms with E-state index in [0.717, 1.165) is 0 Å². The molecule has 0 unspecified atom stereocenters. The van der Waals surface area contributed by atoms with E-state index in [9.17, 15) is 14.7 Å². The highest BCUT2D eigenvalue weighted by atomic mass is 16.5. The average Bonchev–Trinajstić information content (AvgIpc) is 2.45. The molecular formula is C13H12O6. The summed E-state index contributed by atoms with van der Waals surface area (Å²) in [4.78, 5) is 22.5. The van der Waals surface area contributed by atoms with Crippen molar-refractivity contribution in [3.05, 3.63) is 32.6 Å². The molecule has 2 aromatic carbocycles. The van der Waals surface area contributed by atoms with Crippen molar-refractivity contribution in [2.24, 2.45) is 0 Å². The van der Waals surface area contributed by atoms with Crippen LogP contribution in [-0.4, -0.2) is 26.4 Å². The van der Waals surface area contributed by atoms with Crippen molar-refractivity contribution >= 4 is 0 Å². The maximum atomic E-state index is 11.4. The van der Waals surface area contributed by atoms with E-state index in [4.69, 9.17) is 14.2 Å². The van der Waals surface area contributed by atoms with Crippen molar-refractivity contribution < 1.29 is 19.3 Å². The minimum atomic E-state index is -0.885. The third-order valence-electron chi connectivity index (χ3n) is 2.84. The van der Waals surface area contributed by atoms with Gasteiger partial charge in [0.2, 0.25) is 11.2 Å². The van der Waals surface area contributed by atoms with Gasteiger partial charge in [-0.1, -0.05) is 0 Å². The van der Waals surface area contributed by atoms with Crippen LogP contribution in [-0.2, 0) is 0 Å². The van der Waals surface area contributed by atoms with Crippen LogP contribution >= 0.6 is 0 Å². The maximum Gasteiger partial charge on any atom is 0.268 e. The molecule has 0 saturated carbocycles. The van der Waals surface area contributed by atoms with E-state index in [1.54, 1.807) is 0 Å². The molecule has 6 nitrogen and oxygen atoms in total. The number of aromatic hydroxyl groups is 1. The van der Waals surface area contributed by atoms with Crippen LogP contribution in [0.5, 0.6) is 23.0 Å². The largest absolute Gasteiger partial charge is 0.503 e. The lowest BCUT2D eigenvalue weighted by atomic mass is 9.99. The minimum Gasteiger partial charge on any atom is -0.503 e. The lowest BCUT2D eigenvalue weighted by Gasteiger charge is -2.14. The summed E-state index contributed by atoms with van der Waals surface area (Å²) in [6.45, 7) is 0. The summed E-state index contributed by atoms with van der Waals surface area (Å²) < 4.78 is 15.4.